The summed E-state index contributed by atoms with van der Waals surface area (Å²) in [6, 6.07) is 5.84. The second kappa shape index (κ2) is 3.04. The van der Waals surface area contributed by atoms with Crippen molar-refractivity contribution in [2.24, 2.45) is 0 Å². The van der Waals surface area contributed by atoms with Crippen LogP contribution in [-0.2, 0) is 6.42 Å². The van der Waals surface area contributed by atoms with Crippen LogP contribution in [0.2, 0.25) is 5.02 Å². The van der Waals surface area contributed by atoms with Gasteiger partial charge in [0.2, 0.25) is 0 Å². The minimum Gasteiger partial charge on any atom is -0.375 e. The SMILES string of the molecule is S=C1NCCc2cc(Cl)ccc21. The van der Waals surface area contributed by atoms with E-state index in [1.165, 1.54) is 5.56 Å². The van der Waals surface area contributed by atoms with Crippen molar-refractivity contribution in [3.05, 3.63) is 34.3 Å². The topological polar surface area (TPSA) is 12.0 Å². The average Bonchev–Trinajstić information content (AvgIpc) is 2.04. The van der Waals surface area contributed by atoms with Gasteiger partial charge in [-0.15, -0.1) is 0 Å². The Morgan fingerprint density at radius 1 is 1.42 bits per heavy atom. The van der Waals surface area contributed by atoms with Gasteiger partial charge < -0.3 is 5.32 Å². The number of thiocarbonyl (C=S) groups is 1. The molecule has 0 unspecified atom stereocenters. The number of halogens is 1. The molecule has 12 heavy (non-hydrogen) atoms. The first-order chi connectivity index (χ1) is 5.77. The zero-order valence-corrected chi connectivity index (χ0v) is 8.00. The molecule has 1 nitrogen and oxygen atoms in total. The highest BCUT2D eigenvalue weighted by Crippen LogP contribution is 2.19. The monoisotopic (exact) mass is 197 g/mol. The van der Waals surface area contributed by atoms with Gasteiger partial charge in [0, 0.05) is 17.1 Å². The zero-order chi connectivity index (χ0) is 8.55. The minimum atomic E-state index is 0.790. The molecule has 62 valence electrons. The van der Waals surface area contributed by atoms with Crippen molar-refractivity contribution in [3.63, 3.8) is 0 Å². The van der Waals surface area contributed by atoms with Gasteiger partial charge in [0.25, 0.3) is 0 Å². The fourth-order valence-electron chi connectivity index (χ4n) is 1.40. The lowest BCUT2D eigenvalue weighted by molar-refractivity contribution is 0.848. The zero-order valence-electron chi connectivity index (χ0n) is 6.43. The Labute approximate surface area is 81.7 Å². The van der Waals surface area contributed by atoms with Crippen LogP contribution in [0, 0.1) is 0 Å². The lowest BCUT2D eigenvalue weighted by atomic mass is 10.0. The van der Waals surface area contributed by atoms with Crippen LogP contribution < -0.4 is 5.32 Å². The Balaban J connectivity index is 2.53. The van der Waals surface area contributed by atoms with E-state index < -0.39 is 0 Å². The molecular weight excluding hydrogens is 190 g/mol. The van der Waals surface area contributed by atoms with Crippen LogP contribution in [0.25, 0.3) is 0 Å². The first-order valence-corrected chi connectivity index (χ1v) is 4.62. The lowest BCUT2D eigenvalue weighted by Crippen LogP contribution is -2.30. The van der Waals surface area contributed by atoms with E-state index in [1.54, 1.807) is 0 Å². The third-order valence-corrected chi connectivity index (χ3v) is 2.59. The number of hydrogen-bond acceptors (Lipinski definition) is 1. The first kappa shape index (κ1) is 8.02. The second-order valence-electron chi connectivity index (χ2n) is 2.81. The van der Waals surface area contributed by atoms with Gasteiger partial charge in [0.05, 0.1) is 0 Å². The Kier molecular flexibility index (Phi) is 2.03. The summed E-state index contributed by atoms with van der Waals surface area (Å²) in [5.74, 6) is 0. The molecule has 2 rings (SSSR count). The molecule has 0 saturated carbocycles. The molecule has 0 bridgehead atoms. The minimum absolute atomic E-state index is 0.790. The van der Waals surface area contributed by atoms with Gasteiger partial charge in [0.15, 0.2) is 0 Å². The van der Waals surface area contributed by atoms with Crippen molar-refractivity contribution in [2.75, 3.05) is 6.54 Å². The highest BCUT2D eigenvalue weighted by Gasteiger charge is 2.12. The summed E-state index contributed by atoms with van der Waals surface area (Å²) in [4.78, 5) is 0.841. The Bertz CT molecular complexity index is 335. The molecule has 0 aliphatic carbocycles. The molecule has 0 spiro atoms. The van der Waals surface area contributed by atoms with Crippen molar-refractivity contribution in [2.45, 2.75) is 6.42 Å². The van der Waals surface area contributed by atoms with Crippen LogP contribution in [0.15, 0.2) is 18.2 Å². The van der Waals surface area contributed by atoms with Crippen molar-refractivity contribution in [1.82, 2.24) is 5.32 Å². The molecule has 0 atom stereocenters. The van der Waals surface area contributed by atoms with Crippen molar-refractivity contribution in [1.29, 1.82) is 0 Å². The lowest BCUT2D eigenvalue weighted by Gasteiger charge is -2.18. The highest BCUT2D eigenvalue weighted by molar-refractivity contribution is 7.80. The third-order valence-electron chi connectivity index (χ3n) is 1.99. The molecule has 3 heteroatoms. The van der Waals surface area contributed by atoms with E-state index in [2.05, 4.69) is 5.32 Å². The number of hydrogen-bond donors (Lipinski definition) is 1. The van der Waals surface area contributed by atoms with Crippen LogP contribution in [0.1, 0.15) is 11.1 Å². The van der Waals surface area contributed by atoms with Gasteiger partial charge in [-0.3, -0.25) is 0 Å². The predicted octanol–water partition coefficient (Wildman–Crippen LogP) is 2.16. The maximum atomic E-state index is 5.86. The molecule has 1 aliphatic heterocycles. The smallest absolute Gasteiger partial charge is 0.106 e. The van der Waals surface area contributed by atoms with Crippen LogP contribution in [0.3, 0.4) is 0 Å². The number of nitrogens with one attached hydrogen (secondary N) is 1. The summed E-state index contributed by atoms with van der Waals surface area (Å²) in [7, 11) is 0. The molecule has 1 aliphatic rings. The van der Waals surface area contributed by atoms with E-state index in [4.69, 9.17) is 23.8 Å². The molecule has 1 aromatic carbocycles. The molecule has 1 aromatic rings. The summed E-state index contributed by atoms with van der Waals surface area (Å²) in [6.45, 7) is 0.923. The Morgan fingerprint density at radius 2 is 2.25 bits per heavy atom. The predicted molar refractivity (Wildman–Crippen MR) is 54.9 cm³/mol. The van der Waals surface area contributed by atoms with Gasteiger partial charge in [-0.05, 0) is 24.1 Å². The number of rotatable bonds is 0. The molecule has 0 saturated heterocycles. The van der Waals surface area contributed by atoms with Crippen LogP contribution in [-0.4, -0.2) is 11.5 Å². The average molecular weight is 198 g/mol. The first-order valence-electron chi connectivity index (χ1n) is 3.84. The van der Waals surface area contributed by atoms with Crippen molar-refractivity contribution < 1.29 is 0 Å². The summed E-state index contributed by atoms with van der Waals surface area (Å²) >= 11 is 11.0. The van der Waals surface area contributed by atoms with Gasteiger partial charge in [0.1, 0.15) is 4.99 Å². The van der Waals surface area contributed by atoms with E-state index in [1.807, 2.05) is 18.2 Å². The van der Waals surface area contributed by atoms with E-state index >= 15 is 0 Å². The fourth-order valence-corrected chi connectivity index (χ4v) is 1.89. The largest absolute Gasteiger partial charge is 0.375 e. The quantitative estimate of drug-likeness (QED) is 0.640. The maximum Gasteiger partial charge on any atom is 0.106 e. The number of benzene rings is 1. The summed E-state index contributed by atoms with van der Waals surface area (Å²) in [6.07, 6.45) is 1.01. The Morgan fingerprint density at radius 3 is 3.08 bits per heavy atom. The maximum absolute atomic E-state index is 5.86. The van der Waals surface area contributed by atoms with Crippen molar-refractivity contribution >= 4 is 28.8 Å². The standard InChI is InChI=1S/C9H8ClNS/c10-7-1-2-8-6(5-7)3-4-11-9(8)12/h1-2,5H,3-4H2,(H,11,12). The summed E-state index contributed by atoms with van der Waals surface area (Å²) in [5, 5.41) is 3.94. The van der Waals surface area contributed by atoms with Gasteiger partial charge in [-0.2, -0.15) is 0 Å². The fraction of sp³-hybridized carbons (Fsp3) is 0.222. The molecule has 0 aromatic heterocycles. The molecule has 0 radical (unpaired) electrons. The van der Waals surface area contributed by atoms with Crippen LogP contribution in [0.4, 0.5) is 0 Å². The van der Waals surface area contributed by atoms with E-state index in [9.17, 15) is 0 Å². The Hall–Kier alpha value is -0.600. The second-order valence-corrected chi connectivity index (χ2v) is 3.65. The summed E-state index contributed by atoms with van der Waals surface area (Å²) < 4.78 is 0. The molecule has 0 amide bonds. The van der Waals surface area contributed by atoms with E-state index in [-0.39, 0.29) is 0 Å². The van der Waals surface area contributed by atoms with Crippen LogP contribution >= 0.6 is 23.8 Å². The van der Waals surface area contributed by atoms with Crippen molar-refractivity contribution in [3.8, 4) is 0 Å². The van der Waals surface area contributed by atoms with Crippen LogP contribution in [0.5, 0.6) is 0 Å². The normalized spacial score (nSPS) is 15.2. The molecular formula is C9H8ClNS. The van der Waals surface area contributed by atoms with E-state index in [0.717, 1.165) is 28.5 Å². The molecule has 0 fully saturated rings. The van der Waals surface area contributed by atoms with E-state index in [0.29, 0.717) is 0 Å². The van der Waals surface area contributed by atoms with Gasteiger partial charge >= 0.3 is 0 Å². The van der Waals surface area contributed by atoms with Gasteiger partial charge in [-0.1, -0.05) is 29.9 Å². The third kappa shape index (κ3) is 1.32. The van der Waals surface area contributed by atoms with Gasteiger partial charge in [-0.25, -0.2) is 0 Å². The molecule has 1 N–H and O–H groups in total. The number of fused-ring (bicyclic) bond motifs is 1. The molecule has 1 heterocycles. The highest BCUT2D eigenvalue weighted by atomic mass is 35.5. The summed E-state index contributed by atoms with van der Waals surface area (Å²) in [5.41, 5.74) is 2.38.